The molecule has 0 radical (unpaired) electrons. The number of pyridine rings is 1. The second kappa shape index (κ2) is 5.81. The summed E-state index contributed by atoms with van der Waals surface area (Å²) in [5, 5.41) is 0. The van der Waals surface area contributed by atoms with E-state index < -0.39 is 0 Å². The summed E-state index contributed by atoms with van der Waals surface area (Å²) in [6.45, 7) is 3.28. The number of rotatable bonds is 3. The maximum atomic E-state index is 12.2. The van der Waals surface area contributed by atoms with Crippen LogP contribution in [0.15, 0.2) is 24.4 Å². The van der Waals surface area contributed by atoms with Gasteiger partial charge in [0.15, 0.2) is 0 Å². The Morgan fingerprint density at radius 3 is 2.48 bits per heavy atom. The van der Waals surface area contributed by atoms with E-state index in [0.717, 1.165) is 39.0 Å². The summed E-state index contributed by atoms with van der Waals surface area (Å²) in [4.78, 5) is 31.6. The van der Waals surface area contributed by atoms with Gasteiger partial charge in [0.25, 0.3) is 5.91 Å². The van der Waals surface area contributed by atoms with E-state index in [1.54, 1.807) is 18.3 Å². The zero-order valence-electron chi connectivity index (χ0n) is 11.9. The van der Waals surface area contributed by atoms with Gasteiger partial charge in [-0.25, -0.2) is 0 Å². The number of likely N-dealkylation sites (tertiary alicyclic amines) is 2. The SMILES string of the molecule is NC(=O)C1CCN(C2CN(C(=O)c3ccccn3)C2)CC1. The molecule has 0 bridgehead atoms. The molecule has 2 fully saturated rings. The number of hydrogen-bond acceptors (Lipinski definition) is 4. The molecule has 0 aliphatic carbocycles. The van der Waals surface area contributed by atoms with Crippen molar-refractivity contribution in [1.29, 1.82) is 0 Å². The average Bonchev–Trinajstić information content (AvgIpc) is 2.47. The lowest BCUT2D eigenvalue weighted by molar-refractivity contribution is -0.123. The van der Waals surface area contributed by atoms with Crippen molar-refractivity contribution < 1.29 is 9.59 Å². The molecular formula is C15H20N4O2. The Morgan fingerprint density at radius 1 is 1.19 bits per heavy atom. The molecule has 0 spiro atoms. The monoisotopic (exact) mass is 288 g/mol. The van der Waals surface area contributed by atoms with Gasteiger partial charge < -0.3 is 10.6 Å². The highest BCUT2D eigenvalue weighted by molar-refractivity contribution is 5.92. The molecule has 112 valence electrons. The predicted molar refractivity (Wildman–Crippen MR) is 77.4 cm³/mol. The number of hydrogen-bond donors (Lipinski definition) is 1. The van der Waals surface area contributed by atoms with Gasteiger partial charge >= 0.3 is 0 Å². The standard InChI is InChI=1S/C15H20N4O2/c16-14(20)11-4-7-18(8-5-11)12-9-19(10-12)15(21)13-3-1-2-6-17-13/h1-3,6,11-12H,4-5,7-10H2,(H2,16,20). The predicted octanol–water partition coefficient (Wildman–Crippen LogP) is 0.103. The number of nitrogens with two attached hydrogens (primary N) is 1. The molecule has 0 unspecified atom stereocenters. The van der Waals surface area contributed by atoms with Crippen LogP contribution in [0.25, 0.3) is 0 Å². The van der Waals surface area contributed by atoms with Crippen LogP contribution in [0.1, 0.15) is 23.3 Å². The summed E-state index contributed by atoms with van der Waals surface area (Å²) < 4.78 is 0. The van der Waals surface area contributed by atoms with Crippen molar-refractivity contribution in [3.8, 4) is 0 Å². The maximum Gasteiger partial charge on any atom is 0.272 e. The topological polar surface area (TPSA) is 79.5 Å². The lowest BCUT2D eigenvalue weighted by atomic mass is 9.93. The zero-order valence-corrected chi connectivity index (χ0v) is 11.9. The Balaban J connectivity index is 1.48. The highest BCUT2D eigenvalue weighted by atomic mass is 16.2. The van der Waals surface area contributed by atoms with Crippen molar-refractivity contribution in [3.63, 3.8) is 0 Å². The highest BCUT2D eigenvalue weighted by Crippen LogP contribution is 2.23. The van der Waals surface area contributed by atoms with Gasteiger partial charge in [-0.15, -0.1) is 0 Å². The molecule has 21 heavy (non-hydrogen) atoms. The summed E-state index contributed by atoms with van der Waals surface area (Å²) >= 11 is 0. The Bertz CT molecular complexity index is 520. The third-order valence-corrected chi connectivity index (χ3v) is 4.48. The van der Waals surface area contributed by atoms with Crippen LogP contribution in [0.3, 0.4) is 0 Å². The largest absolute Gasteiger partial charge is 0.369 e. The van der Waals surface area contributed by atoms with E-state index in [9.17, 15) is 9.59 Å². The van der Waals surface area contributed by atoms with Crippen molar-refractivity contribution >= 4 is 11.8 Å². The van der Waals surface area contributed by atoms with E-state index in [2.05, 4.69) is 9.88 Å². The fourth-order valence-electron chi connectivity index (χ4n) is 3.05. The van der Waals surface area contributed by atoms with Crippen molar-refractivity contribution in [2.45, 2.75) is 18.9 Å². The Hall–Kier alpha value is -1.95. The van der Waals surface area contributed by atoms with Crippen LogP contribution in [0, 0.1) is 5.92 Å². The lowest BCUT2D eigenvalue weighted by Crippen LogP contribution is -2.62. The van der Waals surface area contributed by atoms with E-state index in [1.807, 2.05) is 11.0 Å². The minimum absolute atomic E-state index is 0.00104. The molecule has 3 heterocycles. The molecule has 2 aliphatic rings. The fourth-order valence-corrected chi connectivity index (χ4v) is 3.05. The van der Waals surface area contributed by atoms with Gasteiger partial charge in [-0.1, -0.05) is 6.07 Å². The van der Waals surface area contributed by atoms with Gasteiger partial charge in [0.2, 0.25) is 5.91 Å². The maximum absolute atomic E-state index is 12.2. The van der Waals surface area contributed by atoms with Crippen LogP contribution < -0.4 is 5.73 Å². The Labute approximate surface area is 123 Å². The first-order chi connectivity index (χ1) is 10.1. The zero-order chi connectivity index (χ0) is 14.8. The normalized spacial score (nSPS) is 21.0. The molecule has 1 aromatic rings. The average molecular weight is 288 g/mol. The summed E-state index contributed by atoms with van der Waals surface area (Å²) in [6, 6.07) is 5.78. The third-order valence-electron chi connectivity index (χ3n) is 4.48. The molecule has 3 rings (SSSR count). The molecule has 2 amide bonds. The van der Waals surface area contributed by atoms with E-state index in [0.29, 0.717) is 11.7 Å². The second-order valence-electron chi connectivity index (χ2n) is 5.79. The van der Waals surface area contributed by atoms with Crippen LogP contribution in [-0.4, -0.2) is 58.8 Å². The summed E-state index contributed by atoms with van der Waals surface area (Å²) in [7, 11) is 0. The van der Waals surface area contributed by atoms with Crippen LogP contribution in [0.5, 0.6) is 0 Å². The third kappa shape index (κ3) is 2.90. The van der Waals surface area contributed by atoms with Gasteiger partial charge in [-0.05, 0) is 38.1 Å². The van der Waals surface area contributed by atoms with Crippen LogP contribution in [0.4, 0.5) is 0 Å². The second-order valence-corrected chi connectivity index (χ2v) is 5.79. The first-order valence-electron chi connectivity index (χ1n) is 7.39. The lowest BCUT2D eigenvalue weighted by Gasteiger charge is -2.47. The van der Waals surface area contributed by atoms with Crippen molar-refractivity contribution in [1.82, 2.24) is 14.8 Å². The van der Waals surface area contributed by atoms with E-state index in [4.69, 9.17) is 5.73 Å². The fraction of sp³-hybridized carbons (Fsp3) is 0.533. The van der Waals surface area contributed by atoms with Crippen LogP contribution >= 0.6 is 0 Å². The minimum atomic E-state index is -0.185. The van der Waals surface area contributed by atoms with Crippen LogP contribution in [0.2, 0.25) is 0 Å². The molecule has 0 aromatic carbocycles. The summed E-state index contributed by atoms with van der Waals surface area (Å²) in [6.07, 6.45) is 3.30. The number of carbonyl (C=O) groups excluding carboxylic acids is 2. The summed E-state index contributed by atoms with van der Waals surface area (Å²) in [5.41, 5.74) is 5.85. The van der Waals surface area contributed by atoms with Gasteiger partial charge in [0.1, 0.15) is 5.69 Å². The number of aromatic nitrogens is 1. The highest BCUT2D eigenvalue weighted by Gasteiger charge is 2.37. The molecule has 6 heteroatoms. The molecular weight excluding hydrogens is 268 g/mol. The number of primary amides is 1. The Morgan fingerprint density at radius 2 is 1.90 bits per heavy atom. The van der Waals surface area contributed by atoms with E-state index in [-0.39, 0.29) is 17.7 Å². The van der Waals surface area contributed by atoms with Gasteiger partial charge in [0.05, 0.1) is 0 Å². The number of piperidine rings is 1. The molecule has 2 N–H and O–H groups in total. The van der Waals surface area contributed by atoms with Crippen LogP contribution in [-0.2, 0) is 4.79 Å². The van der Waals surface area contributed by atoms with Gasteiger partial charge in [0, 0.05) is 31.2 Å². The van der Waals surface area contributed by atoms with E-state index in [1.165, 1.54) is 0 Å². The first kappa shape index (κ1) is 14.0. The molecule has 1 aromatic heterocycles. The smallest absolute Gasteiger partial charge is 0.272 e. The van der Waals surface area contributed by atoms with Crippen molar-refractivity contribution in [3.05, 3.63) is 30.1 Å². The van der Waals surface area contributed by atoms with E-state index >= 15 is 0 Å². The summed E-state index contributed by atoms with van der Waals surface area (Å²) in [5.74, 6) is -0.165. The molecule has 0 saturated carbocycles. The quantitative estimate of drug-likeness (QED) is 0.855. The molecule has 2 aliphatic heterocycles. The van der Waals surface area contributed by atoms with Crippen molar-refractivity contribution in [2.75, 3.05) is 26.2 Å². The first-order valence-corrected chi connectivity index (χ1v) is 7.39. The molecule has 6 nitrogen and oxygen atoms in total. The van der Waals surface area contributed by atoms with Gasteiger partial charge in [-0.2, -0.15) is 0 Å². The number of amides is 2. The molecule has 0 atom stereocenters. The minimum Gasteiger partial charge on any atom is -0.369 e. The number of nitrogens with zero attached hydrogens (tertiary/aromatic N) is 3. The Kier molecular flexibility index (Phi) is 3.88. The molecule has 2 saturated heterocycles. The van der Waals surface area contributed by atoms with Gasteiger partial charge in [-0.3, -0.25) is 19.5 Å². The van der Waals surface area contributed by atoms with Crippen molar-refractivity contribution in [2.24, 2.45) is 11.7 Å². The number of carbonyl (C=O) groups is 2.